The predicted molar refractivity (Wildman–Crippen MR) is 95.3 cm³/mol. The summed E-state index contributed by atoms with van der Waals surface area (Å²) in [6.07, 6.45) is 0. The lowest BCUT2D eigenvalue weighted by atomic mass is 10.2. The second-order valence-electron chi connectivity index (χ2n) is 5.02. The molecule has 0 unspecified atom stereocenters. The van der Waals surface area contributed by atoms with Crippen molar-refractivity contribution in [3.8, 4) is 0 Å². The topological polar surface area (TPSA) is 57.7 Å². The van der Waals surface area contributed by atoms with Crippen molar-refractivity contribution in [2.45, 2.75) is 11.8 Å². The predicted octanol–water partition coefficient (Wildman–Crippen LogP) is 3.26. The number of sulfonamides is 1. The molecule has 0 N–H and O–H groups in total. The molecular formula is C16H17BrN2O3S. The van der Waals surface area contributed by atoms with Crippen molar-refractivity contribution in [3.63, 3.8) is 0 Å². The molecule has 0 bridgehead atoms. The fourth-order valence-corrected chi connectivity index (χ4v) is 3.43. The van der Waals surface area contributed by atoms with Gasteiger partial charge in [0, 0.05) is 31.2 Å². The summed E-state index contributed by atoms with van der Waals surface area (Å²) in [5, 5.41) is 0. The van der Waals surface area contributed by atoms with Crippen LogP contribution in [0, 0.1) is 0 Å². The maximum absolute atomic E-state index is 12.6. The van der Waals surface area contributed by atoms with Gasteiger partial charge in [0.1, 0.15) is 0 Å². The van der Waals surface area contributed by atoms with E-state index < -0.39 is 10.0 Å². The Kier molecular flexibility index (Phi) is 5.11. The summed E-state index contributed by atoms with van der Waals surface area (Å²) in [7, 11) is -0.459. The Labute approximate surface area is 144 Å². The number of carbonyl (C=O) groups is 1. The minimum atomic E-state index is -3.63. The first kappa shape index (κ1) is 17.5. The molecule has 0 aliphatic carbocycles. The van der Waals surface area contributed by atoms with E-state index in [2.05, 4.69) is 15.9 Å². The van der Waals surface area contributed by atoms with Gasteiger partial charge in [-0.25, -0.2) is 8.42 Å². The van der Waals surface area contributed by atoms with Gasteiger partial charge in [0.15, 0.2) is 0 Å². The molecule has 0 aliphatic heterocycles. The zero-order chi connectivity index (χ0) is 17.2. The Morgan fingerprint density at radius 1 is 0.913 bits per heavy atom. The van der Waals surface area contributed by atoms with Crippen molar-refractivity contribution in [1.82, 2.24) is 0 Å². The van der Waals surface area contributed by atoms with Crippen LogP contribution in [0.15, 0.2) is 57.9 Å². The highest BCUT2D eigenvalue weighted by atomic mass is 79.9. The van der Waals surface area contributed by atoms with Gasteiger partial charge >= 0.3 is 0 Å². The van der Waals surface area contributed by atoms with Gasteiger partial charge < -0.3 is 4.90 Å². The van der Waals surface area contributed by atoms with Crippen LogP contribution in [0.5, 0.6) is 0 Å². The summed E-state index contributed by atoms with van der Waals surface area (Å²) in [6.45, 7) is 1.47. The lowest BCUT2D eigenvalue weighted by Gasteiger charge is -2.21. The van der Waals surface area contributed by atoms with E-state index in [1.807, 2.05) is 0 Å². The Bertz CT molecular complexity index is 802. The number of carbonyl (C=O) groups excluding carboxylic acids is 1. The third kappa shape index (κ3) is 3.73. The number of benzene rings is 2. The van der Waals surface area contributed by atoms with Crippen molar-refractivity contribution in [1.29, 1.82) is 0 Å². The van der Waals surface area contributed by atoms with Crippen LogP contribution < -0.4 is 9.21 Å². The van der Waals surface area contributed by atoms with Crippen LogP contribution >= 0.6 is 15.9 Å². The number of rotatable bonds is 4. The molecule has 0 atom stereocenters. The molecule has 0 fully saturated rings. The summed E-state index contributed by atoms with van der Waals surface area (Å²) in [5.74, 6) is -0.0893. The first-order valence-corrected chi connectivity index (χ1v) is 9.05. The van der Waals surface area contributed by atoms with E-state index >= 15 is 0 Å². The lowest BCUT2D eigenvalue weighted by Crippen LogP contribution is -2.27. The van der Waals surface area contributed by atoms with Crippen LogP contribution in [0.1, 0.15) is 6.92 Å². The molecule has 0 radical (unpaired) electrons. The number of amides is 1. The van der Waals surface area contributed by atoms with Crippen molar-refractivity contribution >= 4 is 43.2 Å². The number of halogens is 1. The zero-order valence-corrected chi connectivity index (χ0v) is 15.4. The largest absolute Gasteiger partial charge is 0.316 e. The van der Waals surface area contributed by atoms with Gasteiger partial charge in [-0.1, -0.05) is 15.9 Å². The van der Waals surface area contributed by atoms with Crippen molar-refractivity contribution < 1.29 is 13.2 Å². The molecule has 2 aromatic rings. The van der Waals surface area contributed by atoms with E-state index in [1.165, 1.54) is 23.2 Å². The summed E-state index contributed by atoms with van der Waals surface area (Å²) < 4.78 is 27.3. The quantitative estimate of drug-likeness (QED) is 0.796. The van der Waals surface area contributed by atoms with Crippen molar-refractivity contribution in [3.05, 3.63) is 53.0 Å². The maximum atomic E-state index is 12.6. The fraction of sp³-hybridized carbons (Fsp3) is 0.188. The molecule has 2 aromatic carbocycles. The molecule has 0 aliphatic rings. The maximum Gasteiger partial charge on any atom is 0.264 e. The van der Waals surface area contributed by atoms with E-state index in [9.17, 15) is 13.2 Å². The minimum absolute atomic E-state index is 0.0893. The Hall–Kier alpha value is -1.86. The van der Waals surface area contributed by atoms with Crippen LogP contribution in [-0.4, -0.2) is 28.4 Å². The van der Waals surface area contributed by atoms with Gasteiger partial charge in [-0.05, 0) is 48.5 Å². The lowest BCUT2D eigenvalue weighted by molar-refractivity contribution is -0.116. The molecule has 2 rings (SSSR count). The van der Waals surface area contributed by atoms with Crippen molar-refractivity contribution in [2.75, 3.05) is 23.3 Å². The average molecular weight is 397 g/mol. The normalized spacial score (nSPS) is 11.1. The molecule has 0 aromatic heterocycles. The Morgan fingerprint density at radius 3 is 1.87 bits per heavy atom. The van der Waals surface area contributed by atoms with Crippen LogP contribution in [-0.2, 0) is 14.8 Å². The minimum Gasteiger partial charge on any atom is -0.316 e. The third-order valence-electron chi connectivity index (χ3n) is 3.54. The molecule has 23 heavy (non-hydrogen) atoms. The number of hydrogen-bond donors (Lipinski definition) is 0. The summed E-state index contributed by atoms with van der Waals surface area (Å²) >= 11 is 3.29. The molecule has 0 heterocycles. The third-order valence-corrected chi connectivity index (χ3v) is 5.87. The first-order chi connectivity index (χ1) is 10.7. The molecule has 0 saturated heterocycles. The Morgan fingerprint density at radius 2 is 1.39 bits per heavy atom. The van der Waals surface area contributed by atoms with Gasteiger partial charge in [-0.15, -0.1) is 0 Å². The second kappa shape index (κ2) is 6.72. The van der Waals surface area contributed by atoms with Crippen LogP contribution in [0.4, 0.5) is 11.4 Å². The molecular weight excluding hydrogens is 380 g/mol. The highest BCUT2D eigenvalue weighted by Gasteiger charge is 2.21. The van der Waals surface area contributed by atoms with Crippen LogP contribution in [0.25, 0.3) is 0 Å². The smallest absolute Gasteiger partial charge is 0.264 e. The van der Waals surface area contributed by atoms with E-state index in [1.54, 1.807) is 55.6 Å². The highest BCUT2D eigenvalue weighted by Crippen LogP contribution is 2.25. The van der Waals surface area contributed by atoms with Crippen LogP contribution in [0.2, 0.25) is 0 Å². The van der Waals surface area contributed by atoms with Gasteiger partial charge in [-0.3, -0.25) is 9.10 Å². The van der Waals surface area contributed by atoms with E-state index in [-0.39, 0.29) is 10.8 Å². The zero-order valence-electron chi connectivity index (χ0n) is 13.0. The SMILES string of the molecule is CC(=O)N(C)c1ccc(N(C)S(=O)(=O)c2ccc(Br)cc2)cc1. The molecule has 1 amide bonds. The van der Waals surface area contributed by atoms with Gasteiger partial charge in [0.25, 0.3) is 10.0 Å². The van der Waals surface area contributed by atoms with Crippen LogP contribution in [0.3, 0.4) is 0 Å². The van der Waals surface area contributed by atoms with E-state index in [0.29, 0.717) is 11.4 Å². The monoisotopic (exact) mass is 396 g/mol. The number of hydrogen-bond acceptors (Lipinski definition) is 3. The summed E-state index contributed by atoms with van der Waals surface area (Å²) in [6, 6.07) is 13.2. The molecule has 0 saturated carbocycles. The molecule has 0 spiro atoms. The number of nitrogens with zero attached hydrogens (tertiary/aromatic N) is 2. The second-order valence-corrected chi connectivity index (χ2v) is 7.91. The molecule has 7 heteroatoms. The molecule has 122 valence electrons. The van der Waals surface area contributed by atoms with Gasteiger partial charge in [0.05, 0.1) is 10.6 Å². The number of anilines is 2. The van der Waals surface area contributed by atoms with Gasteiger partial charge in [-0.2, -0.15) is 0 Å². The van der Waals surface area contributed by atoms with E-state index in [0.717, 1.165) is 4.47 Å². The summed E-state index contributed by atoms with van der Waals surface area (Å²) in [5.41, 5.74) is 1.23. The van der Waals surface area contributed by atoms with E-state index in [4.69, 9.17) is 0 Å². The standard InChI is InChI=1S/C16H17BrN2O3S/c1-12(20)18(2)14-6-8-15(9-7-14)19(3)23(21,22)16-10-4-13(17)5-11-16/h4-11H,1-3H3. The molecule has 5 nitrogen and oxygen atoms in total. The van der Waals surface area contributed by atoms with Gasteiger partial charge in [0.2, 0.25) is 5.91 Å². The Balaban J connectivity index is 2.31. The highest BCUT2D eigenvalue weighted by molar-refractivity contribution is 9.10. The fourth-order valence-electron chi connectivity index (χ4n) is 1.97. The first-order valence-electron chi connectivity index (χ1n) is 6.82. The average Bonchev–Trinajstić information content (AvgIpc) is 2.54. The van der Waals surface area contributed by atoms with Crippen molar-refractivity contribution in [2.24, 2.45) is 0 Å². The summed E-state index contributed by atoms with van der Waals surface area (Å²) in [4.78, 5) is 13.1.